The Morgan fingerprint density at radius 1 is 1.41 bits per heavy atom. The number of hydrogen-bond acceptors (Lipinski definition) is 3. The maximum Gasteiger partial charge on any atom is 0.143 e. The molecule has 3 N–H and O–H groups in total. The fourth-order valence-electron chi connectivity index (χ4n) is 2.44. The molecule has 0 bridgehead atoms. The lowest BCUT2D eigenvalue weighted by atomic mass is 9.67. The second-order valence-corrected chi connectivity index (χ2v) is 5.02. The third-order valence-corrected chi connectivity index (χ3v) is 4.07. The van der Waals surface area contributed by atoms with E-state index in [0.717, 1.165) is 18.0 Å². The predicted octanol–water partition coefficient (Wildman–Crippen LogP) is 3.27. The first-order valence-corrected chi connectivity index (χ1v) is 6.36. The van der Waals surface area contributed by atoms with Crippen LogP contribution in [0.4, 0.5) is 11.4 Å². The molecular weight excluding hydrogens is 212 g/mol. The van der Waals surface area contributed by atoms with E-state index in [2.05, 4.69) is 12.2 Å². The molecule has 1 aliphatic carbocycles. The van der Waals surface area contributed by atoms with Gasteiger partial charge in [0.05, 0.1) is 12.8 Å². The highest BCUT2D eigenvalue weighted by Crippen LogP contribution is 2.43. The van der Waals surface area contributed by atoms with Gasteiger partial charge in [-0.3, -0.25) is 0 Å². The Bertz CT molecular complexity index is 380. The van der Waals surface area contributed by atoms with Crippen molar-refractivity contribution in [3.8, 4) is 5.75 Å². The van der Waals surface area contributed by atoms with E-state index in [4.69, 9.17) is 10.5 Å². The Balaban J connectivity index is 1.99. The van der Waals surface area contributed by atoms with Crippen molar-refractivity contribution in [2.24, 2.45) is 5.41 Å². The predicted molar refractivity (Wildman–Crippen MR) is 72.5 cm³/mol. The van der Waals surface area contributed by atoms with Crippen molar-refractivity contribution in [1.82, 2.24) is 0 Å². The summed E-state index contributed by atoms with van der Waals surface area (Å²) in [5, 5.41) is 3.50. The smallest absolute Gasteiger partial charge is 0.143 e. The van der Waals surface area contributed by atoms with E-state index >= 15 is 0 Å². The molecule has 94 valence electrons. The van der Waals surface area contributed by atoms with Gasteiger partial charge in [-0.25, -0.2) is 0 Å². The van der Waals surface area contributed by atoms with Crippen molar-refractivity contribution in [3.63, 3.8) is 0 Å². The first kappa shape index (κ1) is 12.1. The zero-order chi connectivity index (χ0) is 12.3. The SMILES string of the molecule is CCC1(CNc2ccc(N)c(OC)c2)CCC1. The van der Waals surface area contributed by atoms with Gasteiger partial charge in [-0.2, -0.15) is 0 Å². The van der Waals surface area contributed by atoms with Gasteiger partial charge in [0.15, 0.2) is 0 Å². The molecule has 0 atom stereocenters. The highest BCUT2D eigenvalue weighted by Gasteiger charge is 2.34. The quantitative estimate of drug-likeness (QED) is 0.769. The second-order valence-electron chi connectivity index (χ2n) is 5.02. The van der Waals surface area contributed by atoms with Gasteiger partial charge in [0.25, 0.3) is 0 Å². The third-order valence-electron chi connectivity index (χ3n) is 4.07. The zero-order valence-electron chi connectivity index (χ0n) is 10.8. The normalized spacial score (nSPS) is 17.3. The van der Waals surface area contributed by atoms with Gasteiger partial charge in [0.2, 0.25) is 0 Å². The Labute approximate surface area is 103 Å². The van der Waals surface area contributed by atoms with Gasteiger partial charge in [0, 0.05) is 18.3 Å². The van der Waals surface area contributed by atoms with E-state index in [9.17, 15) is 0 Å². The molecule has 0 spiro atoms. The van der Waals surface area contributed by atoms with Gasteiger partial charge in [0.1, 0.15) is 5.75 Å². The summed E-state index contributed by atoms with van der Waals surface area (Å²) in [4.78, 5) is 0. The molecule has 0 heterocycles. The van der Waals surface area contributed by atoms with Crippen molar-refractivity contribution in [3.05, 3.63) is 18.2 Å². The van der Waals surface area contributed by atoms with Crippen LogP contribution in [-0.4, -0.2) is 13.7 Å². The lowest BCUT2D eigenvalue weighted by Gasteiger charge is -2.41. The minimum atomic E-state index is 0.522. The van der Waals surface area contributed by atoms with E-state index in [1.54, 1.807) is 7.11 Å². The topological polar surface area (TPSA) is 47.3 Å². The van der Waals surface area contributed by atoms with Gasteiger partial charge in [-0.15, -0.1) is 0 Å². The summed E-state index contributed by atoms with van der Waals surface area (Å²) in [7, 11) is 1.65. The van der Waals surface area contributed by atoms with Gasteiger partial charge >= 0.3 is 0 Å². The number of nitrogens with one attached hydrogen (secondary N) is 1. The average Bonchev–Trinajstić information content (AvgIpc) is 2.30. The van der Waals surface area contributed by atoms with Crippen LogP contribution < -0.4 is 15.8 Å². The number of nitrogens with two attached hydrogens (primary N) is 1. The van der Waals surface area contributed by atoms with Crippen molar-refractivity contribution < 1.29 is 4.74 Å². The number of methoxy groups -OCH3 is 1. The maximum atomic E-state index is 5.79. The summed E-state index contributed by atoms with van der Waals surface area (Å²) in [6, 6.07) is 5.87. The van der Waals surface area contributed by atoms with Crippen LogP contribution in [0.25, 0.3) is 0 Å². The maximum absolute atomic E-state index is 5.79. The highest BCUT2D eigenvalue weighted by atomic mass is 16.5. The Morgan fingerprint density at radius 2 is 2.18 bits per heavy atom. The Morgan fingerprint density at radius 3 is 2.71 bits per heavy atom. The summed E-state index contributed by atoms with van der Waals surface area (Å²) in [6.45, 7) is 3.33. The summed E-state index contributed by atoms with van der Waals surface area (Å²) in [5.74, 6) is 0.745. The fourth-order valence-corrected chi connectivity index (χ4v) is 2.44. The van der Waals surface area contributed by atoms with Crippen LogP contribution in [0.2, 0.25) is 0 Å². The molecule has 1 aliphatic rings. The van der Waals surface area contributed by atoms with Crippen LogP contribution in [0.1, 0.15) is 32.6 Å². The van der Waals surface area contributed by atoms with E-state index < -0.39 is 0 Å². The average molecular weight is 234 g/mol. The van der Waals surface area contributed by atoms with Crippen LogP contribution in [0.5, 0.6) is 5.75 Å². The van der Waals surface area contributed by atoms with Gasteiger partial charge in [-0.1, -0.05) is 13.3 Å². The number of anilines is 2. The Hall–Kier alpha value is -1.38. The summed E-state index contributed by atoms with van der Waals surface area (Å²) < 4.78 is 5.22. The molecule has 0 radical (unpaired) electrons. The number of benzene rings is 1. The largest absolute Gasteiger partial charge is 0.495 e. The monoisotopic (exact) mass is 234 g/mol. The first-order chi connectivity index (χ1) is 8.19. The lowest BCUT2D eigenvalue weighted by molar-refractivity contribution is 0.145. The van der Waals surface area contributed by atoms with E-state index in [1.807, 2.05) is 18.2 Å². The molecular formula is C14H22N2O. The zero-order valence-corrected chi connectivity index (χ0v) is 10.8. The Kier molecular flexibility index (Phi) is 3.46. The van der Waals surface area contributed by atoms with Crippen molar-refractivity contribution in [1.29, 1.82) is 0 Å². The van der Waals surface area contributed by atoms with Crippen LogP contribution in [-0.2, 0) is 0 Å². The van der Waals surface area contributed by atoms with E-state index in [0.29, 0.717) is 11.1 Å². The molecule has 0 aliphatic heterocycles. The van der Waals surface area contributed by atoms with Crippen LogP contribution in [0.15, 0.2) is 18.2 Å². The summed E-state index contributed by atoms with van der Waals surface area (Å²) >= 11 is 0. The van der Waals surface area contributed by atoms with Crippen molar-refractivity contribution in [2.75, 3.05) is 24.7 Å². The molecule has 1 fully saturated rings. The van der Waals surface area contributed by atoms with Crippen LogP contribution >= 0.6 is 0 Å². The molecule has 3 heteroatoms. The standard InChI is InChI=1S/C14H22N2O/c1-3-14(7-4-8-14)10-16-11-5-6-12(15)13(9-11)17-2/h5-6,9,16H,3-4,7-8,10,15H2,1-2H3. The molecule has 2 rings (SSSR count). The molecule has 0 aromatic heterocycles. The lowest BCUT2D eigenvalue weighted by Crippen LogP contribution is -2.35. The number of hydrogen-bond donors (Lipinski definition) is 2. The molecule has 3 nitrogen and oxygen atoms in total. The minimum Gasteiger partial charge on any atom is -0.495 e. The van der Waals surface area contributed by atoms with E-state index in [1.165, 1.54) is 25.7 Å². The van der Waals surface area contributed by atoms with Crippen molar-refractivity contribution in [2.45, 2.75) is 32.6 Å². The molecule has 0 saturated heterocycles. The molecule has 0 unspecified atom stereocenters. The highest BCUT2D eigenvalue weighted by molar-refractivity contribution is 5.61. The molecule has 0 amide bonds. The first-order valence-electron chi connectivity index (χ1n) is 6.36. The molecule has 17 heavy (non-hydrogen) atoms. The van der Waals surface area contributed by atoms with Crippen LogP contribution in [0.3, 0.4) is 0 Å². The minimum absolute atomic E-state index is 0.522. The van der Waals surface area contributed by atoms with Gasteiger partial charge in [-0.05, 0) is 36.8 Å². The fraction of sp³-hybridized carbons (Fsp3) is 0.571. The molecule has 1 aromatic carbocycles. The van der Waals surface area contributed by atoms with Crippen LogP contribution in [0, 0.1) is 5.41 Å². The summed E-state index contributed by atoms with van der Waals surface area (Å²) in [5.41, 5.74) is 8.10. The second kappa shape index (κ2) is 4.86. The molecule has 1 aromatic rings. The van der Waals surface area contributed by atoms with Crippen molar-refractivity contribution >= 4 is 11.4 Å². The third kappa shape index (κ3) is 2.48. The summed E-state index contributed by atoms with van der Waals surface area (Å²) in [6.07, 6.45) is 5.33. The van der Waals surface area contributed by atoms with E-state index in [-0.39, 0.29) is 0 Å². The molecule has 1 saturated carbocycles. The van der Waals surface area contributed by atoms with Gasteiger partial charge < -0.3 is 15.8 Å². The number of rotatable bonds is 5. The number of ether oxygens (including phenoxy) is 1. The number of nitrogen functional groups attached to an aromatic ring is 1.